The Morgan fingerprint density at radius 1 is 1.30 bits per heavy atom. The summed E-state index contributed by atoms with van der Waals surface area (Å²) in [4.78, 5) is 15.8. The molecular weight excluding hydrogens is 312 g/mol. The number of likely N-dealkylation sites (tertiary alicyclic amines) is 1. The largest absolute Gasteiger partial charge is 0.497 e. The molecule has 1 saturated heterocycles. The van der Waals surface area contributed by atoms with Crippen LogP contribution in [-0.4, -0.2) is 31.7 Å². The second kappa shape index (κ2) is 6.91. The molecule has 1 atom stereocenters. The fourth-order valence-corrected chi connectivity index (χ4v) is 3.75. The van der Waals surface area contributed by atoms with E-state index in [-0.39, 0.29) is 12.1 Å². The fourth-order valence-electron chi connectivity index (χ4n) is 2.88. The molecule has 2 aromatic rings. The molecule has 0 bridgehead atoms. The van der Waals surface area contributed by atoms with Crippen molar-refractivity contribution in [3.63, 3.8) is 0 Å². The van der Waals surface area contributed by atoms with Gasteiger partial charge in [0.2, 0.25) is 0 Å². The van der Waals surface area contributed by atoms with E-state index < -0.39 is 0 Å². The Kier molecular flexibility index (Phi) is 4.71. The van der Waals surface area contributed by atoms with Gasteiger partial charge >= 0.3 is 6.03 Å². The highest BCUT2D eigenvalue weighted by atomic mass is 32.1. The number of hydrogen-bond acceptors (Lipinski definition) is 4. The van der Waals surface area contributed by atoms with Gasteiger partial charge in [0, 0.05) is 17.5 Å². The van der Waals surface area contributed by atoms with Crippen LogP contribution in [0.5, 0.6) is 11.5 Å². The summed E-state index contributed by atoms with van der Waals surface area (Å²) in [7, 11) is 3.18. The minimum atomic E-state index is -0.0932. The fraction of sp³-hybridized carbons (Fsp3) is 0.353. The molecule has 3 rings (SSSR count). The van der Waals surface area contributed by atoms with Crippen molar-refractivity contribution < 1.29 is 14.3 Å². The van der Waals surface area contributed by atoms with E-state index in [0.717, 1.165) is 19.4 Å². The van der Waals surface area contributed by atoms with Crippen LogP contribution < -0.4 is 14.8 Å². The summed E-state index contributed by atoms with van der Waals surface area (Å²) < 4.78 is 10.5. The molecule has 2 amide bonds. The second-order valence-corrected chi connectivity index (χ2v) is 6.34. The normalized spacial score (nSPS) is 17.1. The first-order valence-corrected chi connectivity index (χ1v) is 8.44. The van der Waals surface area contributed by atoms with Gasteiger partial charge in [-0.05, 0) is 36.4 Å². The van der Waals surface area contributed by atoms with E-state index in [1.165, 1.54) is 4.88 Å². The molecule has 1 aromatic heterocycles. The van der Waals surface area contributed by atoms with E-state index in [9.17, 15) is 4.79 Å². The van der Waals surface area contributed by atoms with Crippen LogP contribution in [-0.2, 0) is 0 Å². The van der Waals surface area contributed by atoms with Crippen molar-refractivity contribution in [2.45, 2.75) is 18.9 Å². The highest BCUT2D eigenvalue weighted by molar-refractivity contribution is 7.10. The average Bonchev–Trinajstić information content (AvgIpc) is 3.25. The van der Waals surface area contributed by atoms with Crippen molar-refractivity contribution in [3.05, 3.63) is 40.6 Å². The van der Waals surface area contributed by atoms with Crippen molar-refractivity contribution in [1.29, 1.82) is 0 Å². The minimum Gasteiger partial charge on any atom is -0.497 e. The van der Waals surface area contributed by atoms with Gasteiger partial charge in [-0.25, -0.2) is 4.79 Å². The molecule has 0 radical (unpaired) electrons. The molecule has 0 aliphatic carbocycles. The van der Waals surface area contributed by atoms with Gasteiger partial charge in [0.15, 0.2) is 0 Å². The summed E-state index contributed by atoms with van der Waals surface area (Å²) in [6, 6.07) is 9.56. The number of methoxy groups -OCH3 is 2. The third kappa shape index (κ3) is 3.27. The third-order valence-electron chi connectivity index (χ3n) is 4.04. The quantitative estimate of drug-likeness (QED) is 0.916. The first kappa shape index (κ1) is 15.7. The zero-order chi connectivity index (χ0) is 16.2. The molecular formula is C17H20N2O3S. The summed E-state index contributed by atoms with van der Waals surface area (Å²) in [6.45, 7) is 0.771. The number of carbonyl (C=O) groups excluding carboxylic acids is 1. The maximum atomic E-state index is 12.7. The number of nitrogens with zero attached hydrogens (tertiary/aromatic N) is 1. The smallest absolute Gasteiger partial charge is 0.322 e. The maximum Gasteiger partial charge on any atom is 0.322 e. The van der Waals surface area contributed by atoms with Gasteiger partial charge in [0.05, 0.1) is 25.9 Å². The third-order valence-corrected chi connectivity index (χ3v) is 5.01. The molecule has 1 aliphatic heterocycles. The number of ether oxygens (including phenoxy) is 2. The van der Waals surface area contributed by atoms with Crippen molar-refractivity contribution >= 4 is 23.1 Å². The summed E-state index contributed by atoms with van der Waals surface area (Å²) in [5, 5.41) is 5.01. The van der Waals surface area contributed by atoms with Gasteiger partial charge in [-0.2, -0.15) is 0 Å². The highest BCUT2D eigenvalue weighted by Gasteiger charge is 2.30. The van der Waals surface area contributed by atoms with E-state index in [1.807, 2.05) is 11.0 Å². The highest BCUT2D eigenvalue weighted by Crippen LogP contribution is 2.36. The number of amides is 2. The van der Waals surface area contributed by atoms with E-state index in [1.54, 1.807) is 43.8 Å². The number of rotatable bonds is 4. The molecule has 1 N–H and O–H groups in total. The van der Waals surface area contributed by atoms with Gasteiger partial charge in [-0.3, -0.25) is 0 Å². The summed E-state index contributed by atoms with van der Waals surface area (Å²) in [6.07, 6.45) is 2.03. The van der Waals surface area contributed by atoms with Crippen molar-refractivity contribution in [1.82, 2.24) is 4.90 Å². The van der Waals surface area contributed by atoms with Gasteiger partial charge in [-0.1, -0.05) is 6.07 Å². The van der Waals surface area contributed by atoms with Crippen LogP contribution in [0.1, 0.15) is 23.8 Å². The molecule has 23 heavy (non-hydrogen) atoms. The SMILES string of the molecule is COc1ccc(NC(=O)N2CCC[C@H]2c2cccs2)c(OC)c1. The summed E-state index contributed by atoms with van der Waals surface area (Å²) >= 11 is 1.70. The number of thiophene rings is 1. The Morgan fingerprint density at radius 2 is 2.17 bits per heavy atom. The van der Waals surface area contributed by atoms with Gasteiger partial charge < -0.3 is 19.7 Å². The molecule has 1 aromatic carbocycles. The number of benzene rings is 1. The number of carbonyl (C=O) groups is 1. The maximum absolute atomic E-state index is 12.7. The van der Waals surface area contributed by atoms with Crippen LogP contribution in [0, 0.1) is 0 Å². The number of anilines is 1. The Bertz CT molecular complexity index is 672. The summed E-state index contributed by atoms with van der Waals surface area (Å²) in [5.41, 5.74) is 0.648. The predicted octanol–water partition coefficient (Wildman–Crippen LogP) is 4.13. The van der Waals surface area contributed by atoms with Crippen LogP contribution >= 0.6 is 11.3 Å². The molecule has 5 nitrogen and oxygen atoms in total. The summed E-state index contributed by atoms with van der Waals surface area (Å²) in [5.74, 6) is 1.28. The molecule has 2 heterocycles. The zero-order valence-electron chi connectivity index (χ0n) is 13.2. The molecule has 0 spiro atoms. The predicted molar refractivity (Wildman–Crippen MR) is 91.6 cm³/mol. The van der Waals surface area contributed by atoms with Crippen LogP contribution in [0.4, 0.5) is 10.5 Å². The lowest BCUT2D eigenvalue weighted by molar-refractivity contribution is 0.207. The molecule has 1 aliphatic rings. The van der Waals surface area contributed by atoms with Gasteiger partial charge in [0.25, 0.3) is 0 Å². The molecule has 122 valence electrons. The number of urea groups is 1. The van der Waals surface area contributed by atoms with Crippen molar-refractivity contribution in [2.75, 3.05) is 26.1 Å². The first-order valence-electron chi connectivity index (χ1n) is 7.56. The van der Waals surface area contributed by atoms with E-state index in [4.69, 9.17) is 9.47 Å². The lowest BCUT2D eigenvalue weighted by Crippen LogP contribution is -2.34. The van der Waals surface area contributed by atoms with Crippen LogP contribution in [0.2, 0.25) is 0 Å². The second-order valence-electron chi connectivity index (χ2n) is 5.36. The van der Waals surface area contributed by atoms with E-state index in [0.29, 0.717) is 17.2 Å². The Labute approximate surface area is 139 Å². The lowest BCUT2D eigenvalue weighted by atomic mass is 10.2. The topological polar surface area (TPSA) is 50.8 Å². The van der Waals surface area contributed by atoms with Gasteiger partial charge in [0.1, 0.15) is 11.5 Å². The van der Waals surface area contributed by atoms with Crippen molar-refractivity contribution in [3.8, 4) is 11.5 Å². The van der Waals surface area contributed by atoms with Gasteiger partial charge in [-0.15, -0.1) is 11.3 Å². The number of nitrogens with one attached hydrogen (secondary N) is 1. The van der Waals surface area contributed by atoms with Crippen LogP contribution in [0.25, 0.3) is 0 Å². The molecule has 1 fully saturated rings. The minimum absolute atomic E-state index is 0.0932. The van der Waals surface area contributed by atoms with E-state index >= 15 is 0 Å². The Hall–Kier alpha value is -2.21. The standard InChI is InChI=1S/C17H20N2O3S/c1-21-12-7-8-13(15(11-12)22-2)18-17(20)19-9-3-5-14(19)16-6-4-10-23-16/h4,6-8,10-11,14H,3,5,9H2,1-2H3,(H,18,20)/t14-/m0/s1. The monoisotopic (exact) mass is 332 g/mol. The first-order chi connectivity index (χ1) is 11.2. The lowest BCUT2D eigenvalue weighted by Gasteiger charge is -2.24. The molecule has 0 unspecified atom stereocenters. The Morgan fingerprint density at radius 3 is 2.87 bits per heavy atom. The van der Waals surface area contributed by atoms with E-state index in [2.05, 4.69) is 16.8 Å². The zero-order valence-corrected chi connectivity index (χ0v) is 14.1. The number of hydrogen-bond donors (Lipinski definition) is 1. The van der Waals surface area contributed by atoms with Crippen LogP contribution in [0.3, 0.4) is 0 Å². The van der Waals surface area contributed by atoms with Crippen LogP contribution in [0.15, 0.2) is 35.7 Å². The van der Waals surface area contributed by atoms with Crippen molar-refractivity contribution in [2.24, 2.45) is 0 Å². The molecule has 0 saturated carbocycles. The average molecular weight is 332 g/mol. The Balaban J connectivity index is 1.76. The molecule has 6 heteroatoms.